The molecule has 0 amide bonds. The summed E-state index contributed by atoms with van der Waals surface area (Å²) in [6, 6.07) is 3.14. The molecule has 0 fully saturated rings. The second-order valence-electron chi connectivity index (χ2n) is 3.39. The van der Waals surface area contributed by atoms with E-state index in [4.69, 9.17) is 21.1 Å². The summed E-state index contributed by atoms with van der Waals surface area (Å²) in [6.45, 7) is 2.58. The Kier molecular flexibility index (Phi) is 3.49. The molecule has 0 saturated heterocycles. The van der Waals surface area contributed by atoms with Crippen LogP contribution in [-0.2, 0) is 9.59 Å². The van der Waals surface area contributed by atoms with E-state index in [0.29, 0.717) is 21.0 Å². The van der Waals surface area contributed by atoms with E-state index in [1.54, 1.807) is 12.1 Å². The predicted molar refractivity (Wildman–Crippen MR) is 67.2 cm³/mol. The van der Waals surface area contributed by atoms with Crippen molar-refractivity contribution in [1.82, 2.24) is 4.98 Å². The summed E-state index contributed by atoms with van der Waals surface area (Å²) >= 11 is 7.07. The number of fused-ring (bicyclic) bond motifs is 1. The lowest BCUT2D eigenvalue weighted by Crippen LogP contribution is -2.01. The molecule has 0 aliphatic carbocycles. The number of nitrogens with zero attached hydrogens (tertiary/aromatic N) is 1. The Morgan fingerprint density at radius 3 is 2.50 bits per heavy atom. The largest absolute Gasteiger partial charge is 0.425 e. The molecule has 2 rings (SSSR count). The summed E-state index contributed by atoms with van der Waals surface area (Å²) < 4.78 is 10.5. The number of esters is 2. The van der Waals surface area contributed by atoms with Gasteiger partial charge in [0.05, 0.1) is 5.02 Å². The standard InChI is InChI=1S/C11H8ClNO4S/c1-5(14)16-8-4-3-7(12)9-10(8)18-11(13-9)17-6(2)15/h3-4H,1-2H3. The van der Waals surface area contributed by atoms with Crippen LogP contribution in [0.4, 0.5) is 0 Å². The van der Waals surface area contributed by atoms with E-state index in [9.17, 15) is 9.59 Å². The van der Waals surface area contributed by atoms with Crippen LogP contribution in [0.25, 0.3) is 10.2 Å². The highest BCUT2D eigenvalue weighted by atomic mass is 35.5. The van der Waals surface area contributed by atoms with Gasteiger partial charge in [0.25, 0.3) is 5.19 Å². The van der Waals surface area contributed by atoms with E-state index in [1.165, 1.54) is 13.8 Å². The Bertz CT molecular complexity index is 637. The number of ether oxygens (including phenoxy) is 2. The molecule has 0 radical (unpaired) electrons. The molecule has 0 aliphatic heterocycles. The van der Waals surface area contributed by atoms with Crippen molar-refractivity contribution in [2.45, 2.75) is 13.8 Å². The van der Waals surface area contributed by atoms with Gasteiger partial charge in [-0.05, 0) is 12.1 Å². The molecule has 0 aliphatic rings. The van der Waals surface area contributed by atoms with Crippen LogP contribution < -0.4 is 9.47 Å². The van der Waals surface area contributed by atoms with Crippen molar-refractivity contribution in [3.8, 4) is 10.9 Å². The number of aromatic nitrogens is 1. The van der Waals surface area contributed by atoms with Crippen LogP contribution in [0.15, 0.2) is 12.1 Å². The Morgan fingerprint density at radius 1 is 1.22 bits per heavy atom. The monoisotopic (exact) mass is 285 g/mol. The van der Waals surface area contributed by atoms with Crippen molar-refractivity contribution in [1.29, 1.82) is 0 Å². The fraction of sp³-hybridized carbons (Fsp3) is 0.182. The van der Waals surface area contributed by atoms with Crippen molar-refractivity contribution in [3.63, 3.8) is 0 Å². The molecule has 0 atom stereocenters. The Hall–Kier alpha value is -1.66. The maximum absolute atomic E-state index is 11.0. The van der Waals surface area contributed by atoms with Crippen LogP contribution in [-0.4, -0.2) is 16.9 Å². The number of carbonyl (C=O) groups excluding carboxylic acids is 2. The molecule has 1 heterocycles. The minimum absolute atomic E-state index is 0.166. The number of rotatable bonds is 2. The summed E-state index contributed by atoms with van der Waals surface area (Å²) in [4.78, 5) is 25.9. The molecule has 7 heteroatoms. The minimum Gasteiger partial charge on any atom is -0.425 e. The molecule has 1 aromatic heterocycles. The Balaban J connectivity index is 2.54. The van der Waals surface area contributed by atoms with Crippen molar-refractivity contribution >= 4 is 45.1 Å². The second-order valence-corrected chi connectivity index (χ2v) is 4.76. The topological polar surface area (TPSA) is 65.5 Å². The highest BCUT2D eigenvalue weighted by molar-refractivity contribution is 7.20. The highest BCUT2D eigenvalue weighted by Crippen LogP contribution is 2.38. The van der Waals surface area contributed by atoms with E-state index in [0.717, 1.165) is 11.3 Å². The lowest BCUT2D eigenvalue weighted by Gasteiger charge is -2.01. The molecular formula is C11H8ClNO4S. The molecule has 5 nitrogen and oxygen atoms in total. The second kappa shape index (κ2) is 4.91. The normalized spacial score (nSPS) is 10.4. The van der Waals surface area contributed by atoms with Gasteiger partial charge < -0.3 is 9.47 Å². The number of hydrogen-bond donors (Lipinski definition) is 0. The van der Waals surface area contributed by atoms with E-state index >= 15 is 0 Å². The average Bonchev–Trinajstić information content (AvgIpc) is 2.65. The van der Waals surface area contributed by atoms with E-state index < -0.39 is 11.9 Å². The average molecular weight is 286 g/mol. The summed E-state index contributed by atoms with van der Waals surface area (Å²) in [6.07, 6.45) is 0. The van der Waals surface area contributed by atoms with Crippen LogP contribution in [0.3, 0.4) is 0 Å². The molecule has 1 aromatic carbocycles. The summed E-state index contributed by atoms with van der Waals surface area (Å²) in [5.74, 6) is -0.571. The first-order chi connectivity index (χ1) is 8.47. The van der Waals surface area contributed by atoms with Crippen LogP contribution in [0.5, 0.6) is 10.9 Å². The fourth-order valence-corrected chi connectivity index (χ4v) is 2.52. The maximum atomic E-state index is 11.0. The molecular weight excluding hydrogens is 278 g/mol. The van der Waals surface area contributed by atoms with Crippen LogP contribution in [0.1, 0.15) is 13.8 Å². The first kappa shape index (κ1) is 12.8. The summed E-state index contributed by atoms with van der Waals surface area (Å²) in [5, 5.41) is 0.564. The van der Waals surface area contributed by atoms with Crippen LogP contribution >= 0.6 is 22.9 Å². The molecule has 0 saturated carbocycles. The highest BCUT2D eigenvalue weighted by Gasteiger charge is 2.15. The van der Waals surface area contributed by atoms with E-state index in [-0.39, 0.29) is 5.19 Å². The van der Waals surface area contributed by atoms with Gasteiger partial charge in [0.1, 0.15) is 10.2 Å². The third-order valence-corrected chi connectivity index (χ3v) is 3.18. The molecule has 0 bridgehead atoms. The van der Waals surface area contributed by atoms with Gasteiger partial charge in [-0.2, -0.15) is 0 Å². The molecule has 0 N–H and O–H groups in total. The van der Waals surface area contributed by atoms with Gasteiger partial charge in [0, 0.05) is 13.8 Å². The first-order valence-electron chi connectivity index (χ1n) is 4.93. The predicted octanol–water partition coefficient (Wildman–Crippen LogP) is 2.80. The molecule has 0 unspecified atom stereocenters. The number of halogens is 1. The van der Waals surface area contributed by atoms with Crippen LogP contribution in [0, 0.1) is 0 Å². The number of thiazole rings is 1. The van der Waals surface area contributed by atoms with Crippen LogP contribution in [0.2, 0.25) is 5.02 Å². The van der Waals surface area contributed by atoms with Gasteiger partial charge in [-0.1, -0.05) is 22.9 Å². The number of benzene rings is 1. The maximum Gasteiger partial charge on any atom is 0.309 e. The van der Waals surface area contributed by atoms with Crippen molar-refractivity contribution < 1.29 is 19.1 Å². The van der Waals surface area contributed by atoms with Crippen molar-refractivity contribution in [3.05, 3.63) is 17.2 Å². The van der Waals surface area contributed by atoms with Crippen molar-refractivity contribution in [2.24, 2.45) is 0 Å². The lowest BCUT2D eigenvalue weighted by molar-refractivity contribution is -0.132. The van der Waals surface area contributed by atoms with E-state index in [2.05, 4.69) is 4.98 Å². The molecule has 18 heavy (non-hydrogen) atoms. The van der Waals surface area contributed by atoms with Gasteiger partial charge in [0.2, 0.25) is 0 Å². The smallest absolute Gasteiger partial charge is 0.309 e. The Morgan fingerprint density at radius 2 is 1.89 bits per heavy atom. The SMILES string of the molecule is CC(=O)Oc1nc2c(Cl)ccc(OC(C)=O)c2s1. The van der Waals surface area contributed by atoms with Gasteiger partial charge in [-0.3, -0.25) is 9.59 Å². The zero-order valence-corrected chi connectivity index (χ0v) is 11.1. The number of hydrogen-bond acceptors (Lipinski definition) is 6. The third-order valence-electron chi connectivity index (χ3n) is 1.92. The minimum atomic E-state index is -0.473. The van der Waals surface area contributed by atoms with Gasteiger partial charge >= 0.3 is 11.9 Å². The summed E-state index contributed by atoms with van der Waals surface area (Å²) in [5.41, 5.74) is 0.441. The van der Waals surface area contributed by atoms with Gasteiger partial charge in [0.15, 0.2) is 5.75 Å². The zero-order chi connectivity index (χ0) is 13.3. The van der Waals surface area contributed by atoms with Crippen molar-refractivity contribution in [2.75, 3.05) is 0 Å². The molecule has 2 aromatic rings. The van der Waals surface area contributed by atoms with Gasteiger partial charge in [-0.15, -0.1) is 0 Å². The molecule has 94 valence electrons. The lowest BCUT2D eigenvalue weighted by atomic mass is 10.3. The molecule has 0 spiro atoms. The number of carbonyl (C=O) groups is 2. The summed E-state index contributed by atoms with van der Waals surface area (Å²) in [7, 11) is 0. The fourth-order valence-electron chi connectivity index (χ4n) is 1.33. The Labute approximate surface area is 111 Å². The first-order valence-corrected chi connectivity index (χ1v) is 6.12. The zero-order valence-electron chi connectivity index (χ0n) is 9.52. The third kappa shape index (κ3) is 2.60. The van der Waals surface area contributed by atoms with Gasteiger partial charge in [-0.25, -0.2) is 4.98 Å². The van der Waals surface area contributed by atoms with E-state index in [1.807, 2.05) is 0 Å². The quantitative estimate of drug-likeness (QED) is 0.627.